The van der Waals surface area contributed by atoms with Crippen molar-refractivity contribution in [3.63, 3.8) is 0 Å². The molecule has 1 fully saturated rings. The number of rotatable bonds is 7. The molecule has 0 bridgehead atoms. The molecule has 5 nitrogen and oxygen atoms in total. The van der Waals surface area contributed by atoms with Crippen molar-refractivity contribution in [3.05, 3.63) is 34.9 Å². The van der Waals surface area contributed by atoms with Gasteiger partial charge in [-0.2, -0.15) is 0 Å². The fourth-order valence-electron chi connectivity index (χ4n) is 2.97. The van der Waals surface area contributed by atoms with E-state index in [1.165, 1.54) is 0 Å². The molecule has 1 N–H and O–H groups in total. The van der Waals surface area contributed by atoms with E-state index in [-0.39, 0.29) is 28.6 Å². The summed E-state index contributed by atoms with van der Waals surface area (Å²) in [4.78, 5) is 28.7. The smallest absolute Gasteiger partial charge is 0.317 e. The third-order valence-corrected chi connectivity index (χ3v) is 6.34. The molecule has 0 unspecified atom stereocenters. The first-order valence-electron chi connectivity index (χ1n) is 9.14. The number of nitrogens with one attached hydrogen (secondary N) is 1. The molecular weight excluding hydrogens is 370 g/mol. The summed E-state index contributed by atoms with van der Waals surface area (Å²) >= 11 is 8.03. The zero-order valence-electron chi connectivity index (χ0n) is 15.9. The van der Waals surface area contributed by atoms with Crippen molar-refractivity contribution in [3.8, 4) is 0 Å². The summed E-state index contributed by atoms with van der Waals surface area (Å²) in [5.74, 6) is 0.128. The van der Waals surface area contributed by atoms with Crippen LogP contribution in [0.1, 0.15) is 45.1 Å². The van der Waals surface area contributed by atoms with Crippen LogP contribution in [-0.2, 0) is 4.79 Å². The zero-order valence-corrected chi connectivity index (χ0v) is 17.4. The number of hydrogen-bond acceptors (Lipinski definition) is 3. The van der Waals surface area contributed by atoms with Gasteiger partial charge in [-0.15, -0.1) is 11.8 Å². The van der Waals surface area contributed by atoms with Crippen LogP contribution in [0.25, 0.3) is 0 Å². The molecule has 1 aromatic rings. The first kappa shape index (κ1) is 20.9. The highest BCUT2D eigenvalue weighted by atomic mass is 35.5. The normalized spacial score (nSPS) is 19.9. The second-order valence-electron chi connectivity index (χ2n) is 6.62. The highest BCUT2D eigenvalue weighted by molar-refractivity contribution is 8.01. The lowest BCUT2D eigenvalue weighted by molar-refractivity contribution is -0.130. The van der Waals surface area contributed by atoms with Crippen molar-refractivity contribution in [2.24, 2.45) is 0 Å². The fraction of sp³-hybridized carbons (Fsp3) is 0.579. The Morgan fingerprint density at radius 1 is 1.35 bits per heavy atom. The monoisotopic (exact) mass is 397 g/mol. The molecule has 1 heterocycles. The van der Waals surface area contributed by atoms with Crippen molar-refractivity contribution in [1.82, 2.24) is 15.1 Å². The summed E-state index contributed by atoms with van der Waals surface area (Å²) in [7, 11) is 0. The Kier molecular flexibility index (Phi) is 7.65. The predicted octanol–water partition coefficient (Wildman–Crippen LogP) is 4.13. The Labute approximate surface area is 165 Å². The van der Waals surface area contributed by atoms with Gasteiger partial charge in [-0.3, -0.25) is 4.79 Å². The van der Waals surface area contributed by atoms with Crippen LogP contribution in [0, 0.1) is 0 Å². The lowest BCUT2D eigenvalue weighted by Gasteiger charge is -2.29. The van der Waals surface area contributed by atoms with Crippen LogP contribution in [0.5, 0.6) is 0 Å². The van der Waals surface area contributed by atoms with Gasteiger partial charge in [0.25, 0.3) is 0 Å². The van der Waals surface area contributed by atoms with Crippen molar-refractivity contribution in [2.45, 2.75) is 50.8 Å². The van der Waals surface area contributed by atoms with Crippen LogP contribution >= 0.6 is 23.4 Å². The number of benzene rings is 1. The standard InChI is InChI=1S/C19H28ClN3O2S/c1-5-16-17(24)23(12-11-22(6-2)19(25)21-13(3)4)18(26-16)14-9-7-8-10-15(14)20/h7-10,13,16,18H,5-6,11-12H2,1-4H3,(H,21,25)/t16-,18+/m0/s1. The maximum Gasteiger partial charge on any atom is 0.317 e. The highest BCUT2D eigenvalue weighted by Gasteiger charge is 2.40. The number of likely N-dealkylation sites (N-methyl/N-ethyl adjacent to an activating group) is 1. The molecule has 1 aliphatic heterocycles. The maximum absolute atomic E-state index is 12.8. The third-order valence-electron chi connectivity index (χ3n) is 4.37. The van der Waals surface area contributed by atoms with Gasteiger partial charge in [0.2, 0.25) is 5.91 Å². The van der Waals surface area contributed by atoms with Gasteiger partial charge in [-0.25, -0.2) is 4.79 Å². The Morgan fingerprint density at radius 3 is 2.62 bits per heavy atom. The van der Waals surface area contributed by atoms with Crippen LogP contribution in [0.3, 0.4) is 0 Å². The maximum atomic E-state index is 12.8. The minimum absolute atomic E-state index is 0.0594. The van der Waals surface area contributed by atoms with Crippen molar-refractivity contribution in [2.75, 3.05) is 19.6 Å². The number of hydrogen-bond donors (Lipinski definition) is 1. The van der Waals surface area contributed by atoms with Gasteiger partial charge in [0.15, 0.2) is 0 Å². The van der Waals surface area contributed by atoms with Crippen LogP contribution in [0.4, 0.5) is 4.79 Å². The van der Waals surface area contributed by atoms with E-state index in [0.29, 0.717) is 24.7 Å². The quantitative estimate of drug-likeness (QED) is 0.752. The summed E-state index contributed by atoms with van der Waals surface area (Å²) in [6.45, 7) is 9.44. The van der Waals surface area contributed by atoms with Crippen LogP contribution < -0.4 is 5.32 Å². The molecule has 0 saturated carbocycles. The molecule has 1 aliphatic rings. The Hall–Kier alpha value is -1.40. The van der Waals surface area contributed by atoms with E-state index in [0.717, 1.165) is 12.0 Å². The molecule has 1 saturated heterocycles. The Balaban J connectivity index is 2.14. The van der Waals surface area contributed by atoms with E-state index in [9.17, 15) is 9.59 Å². The number of carbonyl (C=O) groups excluding carboxylic acids is 2. The first-order valence-corrected chi connectivity index (χ1v) is 10.5. The lowest BCUT2D eigenvalue weighted by Crippen LogP contribution is -2.46. The van der Waals surface area contributed by atoms with Gasteiger partial charge < -0.3 is 15.1 Å². The van der Waals surface area contributed by atoms with E-state index in [2.05, 4.69) is 5.32 Å². The van der Waals surface area contributed by atoms with E-state index in [1.807, 2.05) is 56.9 Å². The summed E-state index contributed by atoms with van der Waals surface area (Å²) in [6.07, 6.45) is 0.784. The molecule has 26 heavy (non-hydrogen) atoms. The largest absolute Gasteiger partial charge is 0.336 e. The zero-order chi connectivity index (χ0) is 19.3. The van der Waals surface area contributed by atoms with Crippen molar-refractivity contribution < 1.29 is 9.59 Å². The molecule has 144 valence electrons. The molecular formula is C19H28ClN3O2S. The van der Waals surface area contributed by atoms with Gasteiger partial charge in [0, 0.05) is 36.3 Å². The molecule has 0 aliphatic carbocycles. The number of urea groups is 1. The second kappa shape index (κ2) is 9.51. The lowest BCUT2D eigenvalue weighted by atomic mass is 10.2. The minimum Gasteiger partial charge on any atom is -0.336 e. The predicted molar refractivity (Wildman–Crippen MR) is 108 cm³/mol. The van der Waals surface area contributed by atoms with Gasteiger partial charge in [0.05, 0.1) is 5.25 Å². The van der Waals surface area contributed by atoms with Gasteiger partial charge in [-0.1, -0.05) is 36.7 Å². The van der Waals surface area contributed by atoms with E-state index in [4.69, 9.17) is 11.6 Å². The highest BCUT2D eigenvalue weighted by Crippen LogP contribution is 2.45. The van der Waals surface area contributed by atoms with Crippen molar-refractivity contribution >= 4 is 35.3 Å². The molecule has 2 rings (SSSR count). The fourth-order valence-corrected chi connectivity index (χ4v) is 4.74. The SMILES string of the molecule is CC[C@@H]1S[C@H](c2ccccc2Cl)N(CCN(CC)C(=O)NC(C)C)C1=O. The number of amides is 3. The van der Waals surface area contributed by atoms with E-state index < -0.39 is 0 Å². The van der Waals surface area contributed by atoms with Gasteiger partial charge >= 0.3 is 6.03 Å². The number of thioether (sulfide) groups is 1. The van der Waals surface area contributed by atoms with Crippen LogP contribution in [0.15, 0.2) is 24.3 Å². The number of carbonyl (C=O) groups is 2. The van der Waals surface area contributed by atoms with Crippen molar-refractivity contribution in [1.29, 1.82) is 0 Å². The van der Waals surface area contributed by atoms with Gasteiger partial charge in [0.1, 0.15) is 5.37 Å². The molecule has 3 amide bonds. The average Bonchev–Trinajstić information content (AvgIpc) is 2.91. The Bertz CT molecular complexity index is 641. The summed E-state index contributed by atoms with van der Waals surface area (Å²) in [5.41, 5.74) is 0.957. The summed E-state index contributed by atoms with van der Waals surface area (Å²) in [6, 6.07) is 7.65. The Morgan fingerprint density at radius 2 is 2.04 bits per heavy atom. The third kappa shape index (κ3) is 4.86. The molecule has 0 aromatic heterocycles. The van der Waals surface area contributed by atoms with Gasteiger partial charge in [-0.05, 0) is 33.3 Å². The average molecular weight is 398 g/mol. The molecule has 0 spiro atoms. The topological polar surface area (TPSA) is 52.6 Å². The minimum atomic E-state index is -0.104. The number of nitrogens with zero attached hydrogens (tertiary/aromatic N) is 2. The number of halogens is 1. The summed E-state index contributed by atoms with van der Waals surface area (Å²) < 4.78 is 0. The molecule has 7 heteroatoms. The van der Waals surface area contributed by atoms with Crippen LogP contribution in [-0.4, -0.2) is 52.7 Å². The van der Waals surface area contributed by atoms with E-state index >= 15 is 0 Å². The molecule has 0 radical (unpaired) electrons. The summed E-state index contributed by atoms with van der Waals surface area (Å²) in [5, 5.41) is 3.42. The van der Waals surface area contributed by atoms with Crippen LogP contribution in [0.2, 0.25) is 5.02 Å². The molecule has 1 aromatic carbocycles. The molecule has 2 atom stereocenters. The second-order valence-corrected chi connectivity index (χ2v) is 8.32. The van der Waals surface area contributed by atoms with E-state index in [1.54, 1.807) is 16.7 Å². The first-order chi connectivity index (χ1) is 12.4.